The van der Waals surface area contributed by atoms with Gasteiger partial charge < -0.3 is 9.64 Å². The molecule has 0 bridgehead atoms. The van der Waals surface area contributed by atoms with Gasteiger partial charge in [-0.2, -0.15) is 0 Å². The number of rotatable bonds is 5. The maximum Gasteiger partial charge on any atom is 0.261 e. The molecule has 0 saturated carbocycles. The third kappa shape index (κ3) is 3.39. The monoisotopic (exact) mass is 314 g/mol. The van der Waals surface area contributed by atoms with Crippen molar-refractivity contribution in [3.8, 4) is 5.75 Å². The van der Waals surface area contributed by atoms with Crippen molar-refractivity contribution in [1.29, 1.82) is 0 Å². The van der Waals surface area contributed by atoms with Crippen LogP contribution in [0.15, 0.2) is 35.4 Å². The molecule has 0 fully saturated rings. The molecule has 7 heteroatoms. The van der Waals surface area contributed by atoms with Crippen LogP contribution in [-0.4, -0.2) is 45.5 Å². The SMILES string of the molecule is CN(C)CCOc1ccc(S(=O)(=O)Cl)c2cccnc12. The highest BCUT2D eigenvalue weighted by atomic mass is 35.7. The molecular weight excluding hydrogens is 300 g/mol. The number of benzene rings is 1. The van der Waals surface area contributed by atoms with Crippen molar-refractivity contribution in [2.75, 3.05) is 27.2 Å². The first-order chi connectivity index (χ1) is 9.39. The Morgan fingerprint density at radius 1 is 1.30 bits per heavy atom. The second kappa shape index (κ2) is 5.95. The largest absolute Gasteiger partial charge is 0.490 e. The number of hydrogen-bond acceptors (Lipinski definition) is 5. The van der Waals surface area contributed by atoms with Gasteiger partial charge in [0, 0.05) is 28.8 Å². The van der Waals surface area contributed by atoms with Gasteiger partial charge in [-0.25, -0.2) is 8.42 Å². The van der Waals surface area contributed by atoms with Crippen LogP contribution in [0, 0.1) is 0 Å². The molecule has 1 aromatic carbocycles. The van der Waals surface area contributed by atoms with Gasteiger partial charge in [-0.05, 0) is 38.4 Å². The number of likely N-dealkylation sites (N-methyl/N-ethyl adjacent to an activating group) is 1. The van der Waals surface area contributed by atoms with Gasteiger partial charge >= 0.3 is 0 Å². The molecule has 0 saturated heterocycles. The number of nitrogens with zero attached hydrogens (tertiary/aromatic N) is 2. The van der Waals surface area contributed by atoms with Crippen molar-refractivity contribution < 1.29 is 13.2 Å². The predicted octanol–water partition coefficient (Wildman–Crippen LogP) is 2.10. The van der Waals surface area contributed by atoms with Crippen molar-refractivity contribution in [2.45, 2.75) is 4.90 Å². The zero-order chi connectivity index (χ0) is 14.8. The summed E-state index contributed by atoms with van der Waals surface area (Å²) in [7, 11) is 5.52. The summed E-state index contributed by atoms with van der Waals surface area (Å²) in [5.74, 6) is 0.548. The van der Waals surface area contributed by atoms with Crippen LogP contribution in [0.4, 0.5) is 0 Å². The Kier molecular flexibility index (Phi) is 4.47. The van der Waals surface area contributed by atoms with Crippen LogP contribution in [0.1, 0.15) is 0 Å². The molecule has 20 heavy (non-hydrogen) atoms. The predicted molar refractivity (Wildman–Crippen MR) is 78.8 cm³/mol. The minimum Gasteiger partial charge on any atom is -0.490 e. The molecule has 0 aliphatic carbocycles. The summed E-state index contributed by atoms with van der Waals surface area (Å²) >= 11 is 0. The van der Waals surface area contributed by atoms with Gasteiger partial charge in [-0.3, -0.25) is 4.98 Å². The van der Waals surface area contributed by atoms with Crippen molar-refractivity contribution in [3.63, 3.8) is 0 Å². The van der Waals surface area contributed by atoms with E-state index in [0.29, 0.717) is 23.3 Å². The summed E-state index contributed by atoms with van der Waals surface area (Å²) in [6.07, 6.45) is 1.59. The number of pyridine rings is 1. The molecule has 1 heterocycles. The van der Waals surface area contributed by atoms with E-state index in [-0.39, 0.29) is 4.90 Å². The van der Waals surface area contributed by atoms with Gasteiger partial charge in [-0.1, -0.05) is 0 Å². The lowest BCUT2D eigenvalue weighted by atomic mass is 10.2. The first-order valence-electron chi connectivity index (χ1n) is 5.99. The van der Waals surface area contributed by atoms with Gasteiger partial charge in [0.15, 0.2) is 0 Å². The summed E-state index contributed by atoms with van der Waals surface area (Å²) in [5, 5.41) is 0.463. The van der Waals surface area contributed by atoms with Crippen LogP contribution in [0.3, 0.4) is 0 Å². The fourth-order valence-corrected chi connectivity index (χ4v) is 2.85. The van der Waals surface area contributed by atoms with Crippen LogP contribution >= 0.6 is 10.7 Å². The molecule has 0 atom stereocenters. The lowest BCUT2D eigenvalue weighted by Gasteiger charge is -2.13. The Morgan fingerprint density at radius 3 is 2.70 bits per heavy atom. The zero-order valence-electron chi connectivity index (χ0n) is 11.2. The van der Waals surface area contributed by atoms with E-state index >= 15 is 0 Å². The quantitative estimate of drug-likeness (QED) is 0.791. The molecule has 108 valence electrons. The minimum atomic E-state index is -3.81. The summed E-state index contributed by atoms with van der Waals surface area (Å²) in [4.78, 5) is 6.23. The third-order valence-corrected chi connectivity index (χ3v) is 4.13. The Bertz CT molecular complexity index is 717. The van der Waals surface area contributed by atoms with Crippen LogP contribution in [-0.2, 0) is 9.05 Å². The molecule has 0 amide bonds. The van der Waals surface area contributed by atoms with E-state index in [9.17, 15) is 8.42 Å². The van der Waals surface area contributed by atoms with Crippen molar-refractivity contribution in [1.82, 2.24) is 9.88 Å². The van der Waals surface area contributed by atoms with Gasteiger partial charge in [-0.15, -0.1) is 0 Å². The maximum atomic E-state index is 11.6. The number of aromatic nitrogens is 1. The highest BCUT2D eigenvalue weighted by Gasteiger charge is 2.17. The fraction of sp³-hybridized carbons (Fsp3) is 0.308. The topological polar surface area (TPSA) is 59.5 Å². The molecule has 0 spiro atoms. The summed E-state index contributed by atoms with van der Waals surface area (Å²) in [6.45, 7) is 1.25. The van der Waals surface area contributed by atoms with Crippen molar-refractivity contribution in [3.05, 3.63) is 30.5 Å². The highest BCUT2D eigenvalue weighted by molar-refractivity contribution is 8.14. The molecule has 2 rings (SSSR count). The Balaban J connectivity index is 2.44. The first kappa shape index (κ1) is 15.0. The minimum absolute atomic E-state index is 0.0437. The van der Waals surface area contributed by atoms with E-state index in [2.05, 4.69) is 4.98 Å². The molecule has 5 nitrogen and oxygen atoms in total. The summed E-state index contributed by atoms with van der Waals surface area (Å²) in [6, 6.07) is 6.35. The van der Waals surface area contributed by atoms with Gasteiger partial charge in [0.05, 0.1) is 4.90 Å². The van der Waals surface area contributed by atoms with E-state index < -0.39 is 9.05 Å². The zero-order valence-corrected chi connectivity index (χ0v) is 12.8. The first-order valence-corrected chi connectivity index (χ1v) is 8.30. The molecule has 0 aliphatic heterocycles. The van der Waals surface area contributed by atoms with Crippen LogP contribution in [0.5, 0.6) is 5.75 Å². The highest BCUT2D eigenvalue weighted by Crippen LogP contribution is 2.31. The van der Waals surface area contributed by atoms with E-state index in [4.69, 9.17) is 15.4 Å². The van der Waals surface area contributed by atoms with E-state index in [1.807, 2.05) is 19.0 Å². The molecule has 0 unspecified atom stereocenters. The standard InChI is InChI=1S/C13H15ClN2O3S/c1-16(2)8-9-19-11-5-6-12(20(14,17)18)10-4-3-7-15-13(10)11/h3-7H,8-9H2,1-2H3. The lowest BCUT2D eigenvalue weighted by molar-refractivity contribution is 0.263. The smallest absolute Gasteiger partial charge is 0.261 e. The van der Waals surface area contributed by atoms with E-state index in [1.165, 1.54) is 6.07 Å². The fourth-order valence-electron chi connectivity index (χ4n) is 1.79. The Morgan fingerprint density at radius 2 is 2.05 bits per heavy atom. The maximum absolute atomic E-state index is 11.6. The van der Waals surface area contributed by atoms with Crippen molar-refractivity contribution in [2.24, 2.45) is 0 Å². The Labute approximate surface area is 122 Å². The number of halogens is 1. The van der Waals surface area contributed by atoms with E-state index in [1.54, 1.807) is 24.4 Å². The Hall–Kier alpha value is -1.37. The second-order valence-electron chi connectivity index (χ2n) is 4.55. The number of fused-ring (bicyclic) bond motifs is 1. The molecule has 2 aromatic rings. The molecular formula is C13H15ClN2O3S. The summed E-state index contributed by atoms with van der Waals surface area (Å²) in [5.41, 5.74) is 0.494. The van der Waals surface area contributed by atoms with Crippen LogP contribution < -0.4 is 4.74 Å². The van der Waals surface area contributed by atoms with Gasteiger partial charge in [0.1, 0.15) is 17.9 Å². The number of hydrogen-bond donors (Lipinski definition) is 0. The number of ether oxygens (including phenoxy) is 1. The van der Waals surface area contributed by atoms with E-state index in [0.717, 1.165) is 6.54 Å². The van der Waals surface area contributed by atoms with Gasteiger partial charge in [0.25, 0.3) is 9.05 Å². The molecule has 0 aliphatic rings. The normalized spacial score (nSPS) is 12.0. The van der Waals surface area contributed by atoms with Crippen LogP contribution in [0.2, 0.25) is 0 Å². The second-order valence-corrected chi connectivity index (χ2v) is 7.09. The van der Waals surface area contributed by atoms with Crippen molar-refractivity contribution >= 4 is 30.6 Å². The molecule has 0 radical (unpaired) electrons. The molecule has 0 N–H and O–H groups in total. The van der Waals surface area contributed by atoms with Gasteiger partial charge in [0.2, 0.25) is 0 Å². The average Bonchev–Trinajstić information content (AvgIpc) is 2.37. The summed E-state index contributed by atoms with van der Waals surface area (Å²) < 4.78 is 28.8. The third-order valence-electron chi connectivity index (χ3n) is 2.75. The van der Waals surface area contributed by atoms with Crippen LogP contribution in [0.25, 0.3) is 10.9 Å². The molecule has 1 aromatic heterocycles. The lowest BCUT2D eigenvalue weighted by Crippen LogP contribution is -2.19. The average molecular weight is 315 g/mol.